The van der Waals surface area contributed by atoms with Gasteiger partial charge in [0, 0.05) is 51.0 Å². The summed E-state index contributed by atoms with van der Waals surface area (Å²) in [6.07, 6.45) is 1.98. The Balaban J connectivity index is 0.00000112. The predicted octanol–water partition coefficient (Wildman–Crippen LogP) is 0.977. The number of nitrogens with one attached hydrogen (secondary N) is 1. The molecule has 1 aromatic heterocycles. The Morgan fingerprint density at radius 1 is 1.31 bits per heavy atom. The summed E-state index contributed by atoms with van der Waals surface area (Å²) in [6, 6.07) is 0. The summed E-state index contributed by atoms with van der Waals surface area (Å²) in [5, 5.41) is 7.61. The summed E-state index contributed by atoms with van der Waals surface area (Å²) in [6.45, 7) is 7.69. The number of hydrogen-bond acceptors (Lipinski definition) is 3. The van der Waals surface area contributed by atoms with Crippen molar-refractivity contribution >= 4 is 24.8 Å². The maximum absolute atomic E-state index is 4.26. The van der Waals surface area contributed by atoms with Gasteiger partial charge >= 0.3 is 0 Å². The molecule has 1 aliphatic heterocycles. The Morgan fingerprint density at radius 2 is 1.94 bits per heavy atom. The average Bonchev–Trinajstić information content (AvgIpc) is 2.52. The molecule has 1 fully saturated rings. The van der Waals surface area contributed by atoms with Crippen molar-refractivity contribution in [1.82, 2.24) is 20.0 Å². The van der Waals surface area contributed by atoms with Crippen LogP contribution in [0, 0.1) is 6.92 Å². The Hall–Kier alpha value is -0.290. The zero-order valence-electron chi connectivity index (χ0n) is 9.77. The second-order valence-corrected chi connectivity index (χ2v) is 3.90. The number of piperazine rings is 1. The molecular weight excluding hydrogens is 247 g/mol. The molecule has 0 aromatic carbocycles. The molecule has 1 saturated heterocycles. The van der Waals surface area contributed by atoms with Crippen molar-refractivity contribution in [3.8, 4) is 0 Å². The summed E-state index contributed by atoms with van der Waals surface area (Å²) in [7, 11) is 2.00. The summed E-state index contributed by atoms with van der Waals surface area (Å²) in [5.74, 6) is 0. The fraction of sp³-hybridized carbons (Fsp3) is 0.700. The standard InChI is InChI=1S/C10H18N4.2ClH/c1-9-10(7-12-13(9)2)8-14-5-3-11-4-6-14;;/h7,11H,3-6,8H2,1-2H3;2*1H. The highest BCUT2D eigenvalue weighted by Gasteiger charge is 2.12. The Morgan fingerprint density at radius 3 is 2.44 bits per heavy atom. The predicted molar refractivity (Wildman–Crippen MR) is 70.6 cm³/mol. The van der Waals surface area contributed by atoms with E-state index >= 15 is 0 Å². The highest BCUT2D eigenvalue weighted by molar-refractivity contribution is 5.85. The van der Waals surface area contributed by atoms with E-state index in [1.54, 1.807) is 0 Å². The van der Waals surface area contributed by atoms with Crippen molar-refractivity contribution in [2.24, 2.45) is 7.05 Å². The smallest absolute Gasteiger partial charge is 0.0537 e. The van der Waals surface area contributed by atoms with Gasteiger partial charge in [-0.2, -0.15) is 5.10 Å². The lowest BCUT2D eigenvalue weighted by molar-refractivity contribution is 0.233. The Kier molecular flexibility index (Phi) is 6.99. The Bertz CT molecular complexity index is 308. The van der Waals surface area contributed by atoms with Gasteiger partial charge in [0.2, 0.25) is 0 Å². The third kappa shape index (κ3) is 3.63. The van der Waals surface area contributed by atoms with E-state index in [0.717, 1.165) is 32.7 Å². The molecule has 0 bridgehead atoms. The van der Waals surface area contributed by atoms with E-state index in [-0.39, 0.29) is 24.8 Å². The average molecular weight is 267 g/mol. The SMILES string of the molecule is Cc1c(CN2CCNCC2)cnn1C.Cl.Cl. The van der Waals surface area contributed by atoms with Crippen LogP contribution in [0.3, 0.4) is 0 Å². The van der Waals surface area contributed by atoms with Crippen LogP contribution in [0.5, 0.6) is 0 Å². The van der Waals surface area contributed by atoms with Gasteiger partial charge in [-0.05, 0) is 6.92 Å². The number of aromatic nitrogens is 2. The van der Waals surface area contributed by atoms with Gasteiger partial charge in [-0.3, -0.25) is 9.58 Å². The van der Waals surface area contributed by atoms with Gasteiger partial charge in [-0.15, -0.1) is 24.8 Å². The molecule has 2 heterocycles. The highest BCUT2D eigenvalue weighted by atomic mass is 35.5. The zero-order chi connectivity index (χ0) is 9.97. The lowest BCUT2D eigenvalue weighted by atomic mass is 10.2. The monoisotopic (exact) mass is 266 g/mol. The minimum absolute atomic E-state index is 0. The van der Waals surface area contributed by atoms with Crippen LogP contribution in [-0.4, -0.2) is 40.9 Å². The minimum Gasteiger partial charge on any atom is -0.314 e. The molecule has 1 N–H and O–H groups in total. The summed E-state index contributed by atoms with van der Waals surface area (Å²) in [5.41, 5.74) is 2.64. The van der Waals surface area contributed by atoms with Gasteiger partial charge < -0.3 is 5.32 Å². The van der Waals surface area contributed by atoms with Crippen LogP contribution in [0.1, 0.15) is 11.3 Å². The van der Waals surface area contributed by atoms with Crippen molar-refractivity contribution in [2.75, 3.05) is 26.2 Å². The first-order valence-electron chi connectivity index (χ1n) is 5.18. The number of hydrogen-bond donors (Lipinski definition) is 1. The van der Waals surface area contributed by atoms with E-state index in [2.05, 4.69) is 22.2 Å². The lowest BCUT2D eigenvalue weighted by Gasteiger charge is -2.26. The van der Waals surface area contributed by atoms with Gasteiger partial charge in [0.05, 0.1) is 6.20 Å². The summed E-state index contributed by atoms with van der Waals surface area (Å²) >= 11 is 0. The van der Waals surface area contributed by atoms with Gasteiger partial charge in [0.15, 0.2) is 0 Å². The molecule has 0 amide bonds. The lowest BCUT2D eigenvalue weighted by Crippen LogP contribution is -2.42. The quantitative estimate of drug-likeness (QED) is 0.867. The van der Waals surface area contributed by atoms with Crippen molar-refractivity contribution in [3.63, 3.8) is 0 Å². The van der Waals surface area contributed by atoms with Crippen LogP contribution < -0.4 is 5.32 Å². The van der Waals surface area contributed by atoms with Crippen LogP contribution in [0.4, 0.5) is 0 Å². The normalized spacial score (nSPS) is 16.4. The van der Waals surface area contributed by atoms with Crippen LogP contribution in [0.15, 0.2) is 6.20 Å². The van der Waals surface area contributed by atoms with Crippen molar-refractivity contribution in [1.29, 1.82) is 0 Å². The Labute approximate surface area is 109 Å². The van der Waals surface area contributed by atoms with Gasteiger partial charge in [0.1, 0.15) is 0 Å². The van der Waals surface area contributed by atoms with Crippen molar-refractivity contribution < 1.29 is 0 Å². The van der Waals surface area contributed by atoms with Crippen LogP contribution in [0.2, 0.25) is 0 Å². The van der Waals surface area contributed by atoms with Gasteiger partial charge in [-0.1, -0.05) is 0 Å². The van der Waals surface area contributed by atoms with Crippen molar-refractivity contribution in [3.05, 3.63) is 17.5 Å². The molecule has 94 valence electrons. The van der Waals surface area contributed by atoms with Crippen molar-refractivity contribution in [2.45, 2.75) is 13.5 Å². The fourth-order valence-electron chi connectivity index (χ4n) is 1.81. The zero-order valence-corrected chi connectivity index (χ0v) is 11.4. The van der Waals surface area contributed by atoms with Crippen LogP contribution in [0.25, 0.3) is 0 Å². The van der Waals surface area contributed by atoms with E-state index in [9.17, 15) is 0 Å². The fourth-order valence-corrected chi connectivity index (χ4v) is 1.81. The third-order valence-electron chi connectivity index (χ3n) is 2.94. The third-order valence-corrected chi connectivity index (χ3v) is 2.94. The van der Waals surface area contributed by atoms with Crippen LogP contribution in [-0.2, 0) is 13.6 Å². The largest absolute Gasteiger partial charge is 0.314 e. The van der Waals surface area contributed by atoms with E-state index in [4.69, 9.17) is 0 Å². The molecule has 4 nitrogen and oxygen atoms in total. The number of aryl methyl sites for hydroxylation is 1. The second-order valence-electron chi connectivity index (χ2n) is 3.90. The molecule has 16 heavy (non-hydrogen) atoms. The number of halogens is 2. The van der Waals surface area contributed by atoms with E-state index < -0.39 is 0 Å². The molecular formula is C10H20Cl2N4. The first-order chi connectivity index (χ1) is 6.77. The van der Waals surface area contributed by atoms with E-state index in [1.807, 2.05) is 17.9 Å². The maximum Gasteiger partial charge on any atom is 0.0537 e. The maximum atomic E-state index is 4.26. The molecule has 6 heteroatoms. The molecule has 0 atom stereocenters. The second kappa shape index (κ2) is 7.12. The molecule has 1 aliphatic rings. The topological polar surface area (TPSA) is 33.1 Å². The molecule has 0 unspecified atom stereocenters. The first kappa shape index (κ1) is 15.7. The van der Waals surface area contributed by atoms with Crippen LogP contribution >= 0.6 is 24.8 Å². The van der Waals surface area contributed by atoms with Gasteiger partial charge in [-0.25, -0.2) is 0 Å². The van der Waals surface area contributed by atoms with E-state index in [0.29, 0.717) is 0 Å². The molecule has 0 radical (unpaired) electrons. The molecule has 1 aromatic rings. The summed E-state index contributed by atoms with van der Waals surface area (Å²) in [4.78, 5) is 2.47. The number of rotatable bonds is 2. The highest BCUT2D eigenvalue weighted by Crippen LogP contribution is 2.09. The summed E-state index contributed by atoms with van der Waals surface area (Å²) < 4.78 is 1.94. The first-order valence-corrected chi connectivity index (χ1v) is 5.18. The number of nitrogens with zero attached hydrogens (tertiary/aromatic N) is 3. The van der Waals surface area contributed by atoms with E-state index in [1.165, 1.54) is 11.3 Å². The minimum atomic E-state index is 0. The van der Waals surface area contributed by atoms with Gasteiger partial charge in [0.25, 0.3) is 0 Å². The molecule has 2 rings (SSSR count). The molecule has 0 aliphatic carbocycles. The molecule has 0 spiro atoms. The molecule has 0 saturated carbocycles.